The van der Waals surface area contributed by atoms with Crippen molar-refractivity contribution in [2.75, 3.05) is 0 Å². The molecule has 0 N–H and O–H groups in total. The lowest BCUT2D eigenvalue weighted by Gasteiger charge is -2.40. The van der Waals surface area contributed by atoms with Gasteiger partial charge in [-0.2, -0.15) is 0 Å². The van der Waals surface area contributed by atoms with Crippen molar-refractivity contribution in [2.24, 2.45) is 0 Å². The highest BCUT2D eigenvalue weighted by Crippen LogP contribution is 2.52. The van der Waals surface area contributed by atoms with Crippen molar-refractivity contribution in [1.29, 1.82) is 0 Å². The Morgan fingerprint density at radius 1 is 1.00 bits per heavy atom. The van der Waals surface area contributed by atoms with Crippen molar-refractivity contribution < 1.29 is 8.51 Å². The standard InChI is InChI=1S/C13H26FNOSi/c1-12(2,3)17(14,13(4,5)6)15(16)11-9-7-8-10-11/h7-10H2,1-6H3. The van der Waals surface area contributed by atoms with Gasteiger partial charge in [0.2, 0.25) is 0 Å². The molecule has 0 aromatic carbocycles. The molecular weight excluding hydrogens is 233 g/mol. The molecule has 17 heavy (non-hydrogen) atoms. The molecule has 0 bridgehead atoms. The van der Waals surface area contributed by atoms with Gasteiger partial charge in [-0.1, -0.05) is 41.5 Å². The summed E-state index contributed by atoms with van der Waals surface area (Å²) in [5.41, 5.74) is 0.795. The Labute approximate surface area is 106 Å². The molecule has 0 spiro atoms. The number of nitrogens with zero attached hydrogens (tertiary/aromatic N) is 1. The second-order valence-electron chi connectivity index (χ2n) is 7.19. The van der Waals surface area contributed by atoms with Gasteiger partial charge in [0.05, 0.1) is 0 Å². The van der Waals surface area contributed by atoms with Crippen LogP contribution in [0.5, 0.6) is 0 Å². The van der Waals surface area contributed by atoms with E-state index in [1.807, 2.05) is 41.5 Å². The molecule has 0 saturated heterocycles. The van der Waals surface area contributed by atoms with Crippen molar-refractivity contribution in [3.8, 4) is 0 Å². The number of rotatable bonds is 1. The van der Waals surface area contributed by atoms with Crippen molar-refractivity contribution in [2.45, 2.75) is 77.3 Å². The maximum atomic E-state index is 15.6. The van der Waals surface area contributed by atoms with E-state index in [9.17, 15) is 5.21 Å². The maximum Gasteiger partial charge on any atom is 0.571 e. The fourth-order valence-corrected chi connectivity index (χ4v) is 7.07. The minimum Gasteiger partial charge on any atom is -0.643 e. The molecule has 0 aromatic rings. The second kappa shape index (κ2) is 4.37. The van der Waals surface area contributed by atoms with Crippen LogP contribution in [-0.4, -0.2) is 18.7 Å². The quantitative estimate of drug-likeness (QED) is 0.294. The zero-order valence-corrected chi connectivity index (χ0v) is 13.1. The Kier molecular flexibility index (Phi) is 3.78. The Bertz CT molecular complexity index is 303. The summed E-state index contributed by atoms with van der Waals surface area (Å²) in [6.07, 6.45) is 3.64. The first-order valence-corrected chi connectivity index (χ1v) is 8.35. The Balaban J connectivity index is 3.30. The molecule has 2 nitrogen and oxygen atoms in total. The van der Waals surface area contributed by atoms with E-state index in [1.54, 1.807) is 0 Å². The largest absolute Gasteiger partial charge is 0.643 e. The van der Waals surface area contributed by atoms with Gasteiger partial charge in [-0.3, -0.25) is 4.40 Å². The van der Waals surface area contributed by atoms with Crippen molar-refractivity contribution in [1.82, 2.24) is 0 Å². The molecule has 0 unspecified atom stereocenters. The summed E-state index contributed by atoms with van der Waals surface area (Å²) in [7, 11) is -3.58. The predicted octanol–water partition coefficient (Wildman–Crippen LogP) is 4.52. The van der Waals surface area contributed by atoms with Gasteiger partial charge in [-0.25, -0.2) is 4.11 Å². The van der Waals surface area contributed by atoms with Crippen LogP contribution in [0, 0.1) is 5.21 Å². The Hall–Kier alpha value is -0.383. The van der Waals surface area contributed by atoms with Gasteiger partial charge in [0.25, 0.3) is 0 Å². The molecule has 1 aliphatic carbocycles. The van der Waals surface area contributed by atoms with Crippen LogP contribution >= 0.6 is 0 Å². The Morgan fingerprint density at radius 3 is 1.65 bits per heavy atom. The molecule has 4 heteroatoms. The van der Waals surface area contributed by atoms with E-state index >= 15 is 4.11 Å². The predicted molar refractivity (Wildman–Crippen MR) is 73.4 cm³/mol. The van der Waals surface area contributed by atoms with Crippen LogP contribution in [0.15, 0.2) is 0 Å². The smallest absolute Gasteiger partial charge is 0.571 e. The van der Waals surface area contributed by atoms with Gasteiger partial charge in [0.15, 0.2) is 0 Å². The van der Waals surface area contributed by atoms with E-state index in [4.69, 9.17) is 0 Å². The molecule has 1 fully saturated rings. The van der Waals surface area contributed by atoms with Gasteiger partial charge in [-0.05, 0) is 12.8 Å². The van der Waals surface area contributed by atoms with Crippen LogP contribution in [0.2, 0.25) is 10.1 Å². The summed E-state index contributed by atoms with van der Waals surface area (Å²) in [6.45, 7) is 11.2. The number of halogens is 1. The summed E-state index contributed by atoms with van der Waals surface area (Å²) >= 11 is 0. The highest BCUT2D eigenvalue weighted by Gasteiger charge is 2.67. The third kappa shape index (κ3) is 2.42. The minimum atomic E-state index is -3.58. The van der Waals surface area contributed by atoms with Crippen LogP contribution in [0.3, 0.4) is 0 Å². The van der Waals surface area contributed by atoms with Crippen molar-refractivity contribution in [3.63, 3.8) is 0 Å². The summed E-state index contributed by atoms with van der Waals surface area (Å²) in [5, 5.41) is 11.4. The van der Waals surface area contributed by atoms with E-state index in [1.165, 1.54) is 0 Å². The van der Waals surface area contributed by atoms with Gasteiger partial charge >= 0.3 is 8.57 Å². The lowest BCUT2D eigenvalue weighted by Crippen LogP contribution is -2.57. The molecule has 100 valence electrons. The van der Waals surface area contributed by atoms with Crippen molar-refractivity contribution >= 4 is 14.3 Å². The average molecular weight is 259 g/mol. The molecule has 0 atom stereocenters. The van der Waals surface area contributed by atoms with E-state index in [-0.39, 0.29) is 0 Å². The monoisotopic (exact) mass is 259 g/mol. The lowest BCUT2D eigenvalue weighted by molar-refractivity contribution is -0.345. The van der Waals surface area contributed by atoms with Crippen LogP contribution in [-0.2, 0) is 0 Å². The molecule has 1 saturated carbocycles. The zero-order valence-electron chi connectivity index (χ0n) is 12.1. The topological polar surface area (TPSA) is 26.1 Å². The van der Waals surface area contributed by atoms with Gasteiger partial charge in [-0.15, -0.1) is 0 Å². The zero-order chi connectivity index (χ0) is 13.5. The highest BCUT2D eigenvalue weighted by atomic mass is 28.4. The van der Waals surface area contributed by atoms with E-state index in [2.05, 4.69) is 0 Å². The summed E-state index contributed by atoms with van der Waals surface area (Å²) < 4.78 is 16.4. The molecule has 0 aromatic heterocycles. The summed E-state index contributed by atoms with van der Waals surface area (Å²) in [4.78, 5) is 0. The second-order valence-corrected chi connectivity index (χ2v) is 11.8. The van der Waals surface area contributed by atoms with Crippen LogP contribution in [0.25, 0.3) is 0 Å². The number of hydrogen-bond acceptors (Lipinski definition) is 1. The third-order valence-corrected chi connectivity index (χ3v) is 8.59. The Morgan fingerprint density at radius 2 is 1.35 bits per heavy atom. The van der Waals surface area contributed by atoms with Crippen molar-refractivity contribution in [3.05, 3.63) is 5.21 Å². The van der Waals surface area contributed by atoms with Crippen LogP contribution < -0.4 is 0 Å². The van der Waals surface area contributed by atoms with Crippen LogP contribution in [0.1, 0.15) is 67.2 Å². The fourth-order valence-electron chi connectivity index (χ4n) is 2.94. The molecule has 1 rings (SSSR count). The molecule has 1 aliphatic rings. The third-order valence-electron chi connectivity index (χ3n) is 3.74. The van der Waals surface area contributed by atoms with Gasteiger partial charge in [0, 0.05) is 22.9 Å². The first-order valence-electron chi connectivity index (χ1n) is 6.53. The van der Waals surface area contributed by atoms with E-state index in [0.29, 0.717) is 0 Å². The summed E-state index contributed by atoms with van der Waals surface area (Å²) in [6, 6.07) is 0. The average Bonchev–Trinajstić information content (AvgIpc) is 2.64. The molecular formula is C13H26FNOSi. The summed E-state index contributed by atoms with van der Waals surface area (Å²) in [5.74, 6) is 0. The van der Waals surface area contributed by atoms with Gasteiger partial charge < -0.3 is 5.21 Å². The molecule has 0 heterocycles. The maximum absolute atomic E-state index is 15.6. The highest BCUT2D eigenvalue weighted by molar-refractivity contribution is 6.71. The lowest BCUT2D eigenvalue weighted by atomic mass is 10.2. The SMILES string of the molecule is CC(C)(C)[Si](F)([N+]([O-])=C1CCCC1)C(C)(C)C. The normalized spacial score (nSPS) is 18.6. The fraction of sp³-hybridized carbons (Fsp3) is 0.923. The molecule has 0 radical (unpaired) electrons. The van der Waals surface area contributed by atoms with E-state index < -0.39 is 18.6 Å². The first-order chi connectivity index (χ1) is 7.52. The molecule has 0 aliphatic heterocycles. The van der Waals surface area contributed by atoms with Crippen LogP contribution in [0.4, 0.5) is 4.11 Å². The van der Waals surface area contributed by atoms with Gasteiger partial charge in [0.1, 0.15) is 5.71 Å². The molecule has 0 amide bonds. The van der Waals surface area contributed by atoms with E-state index in [0.717, 1.165) is 35.8 Å². The number of hydrogen-bond donors (Lipinski definition) is 0. The first kappa shape index (κ1) is 14.7. The minimum absolute atomic E-state index is 0.567.